The van der Waals surface area contributed by atoms with E-state index in [4.69, 9.17) is 0 Å². The fourth-order valence-corrected chi connectivity index (χ4v) is 13.8. The highest BCUT2D eigenvalue weighted by atomic mass is 16.4. The van der Waals surface area contributed by atoms with Gasteiger partial charge >= 0.3 is 5.97 Å². The summed E-state index contributed by atoms with van der Waals surface area (Å²) in [5.74, 6) is 3.69. The number of carbonyl (C=O) groups is 2. The molecule has 5 fully saturated rings. The molecule has 1 aromatic carbocycles. The van der Waals surface area contributed by atoms with Crippen LogP contribution in [0.15, 0.2) is 24.3 Å². The highest BCUT2D eigenvalue weighted by molar-refractivity contribution is 5.87. The summed E-state index contributed by atoms with van der Waals surface area (Å²) in [5.41, 5.74) is 2.49. The first-order chi connectivity index (χ1) is 21.5. The van der Waals surface area contributed by atoms with Crippen LogP contribution in [0.25, 0.3) is 0 Å². The highest BCUT2D eigenvalue weighted by Crippen LogP contribution is 2.78. The smallest absolute Gasteiger partial charge is 0.335 e. The lowest BCUT2D eigenvalue weighted by molar-refractivity contribution is -0.239. The van der Waals surface area contributed by atoms with Gasteiger partial charge in [-0.3, -0.25) is 4.79 Å². The van der Waals surface area contributed by atoms with Gasteiger partial charge in [-0.15, -0.1) is 0 Å². The van der Waals surface area contributed by atoms with Gasteiger partial charge in [0, 0.05) is 13.1 Å². The molecule has 0 heterocycles. The van der Waals surface area contributed by atoms with E-state index in [0.29, 0.717) is 58.3 Å². The Hall–Kier alpha value is -1.88. The molecule has 5 aliphatic rings. The minimum Gasteiger partial charge on any atom is -0.478 e. The number of hydrogen-bond acceptors (Lipinski definition) is 3. The van der Waals surface area contributed by atoms with E-state index in [1.54, 1.807) is 12.1 Å². The fourth-order valence-electron chi connectivity index (χ4n) is 13.8. The molecule has 1 amide bonds. The number of rotatable bonds is 7. The first-order valence-corrected chi connectivity index (χ1v) is 18.8. The van der Waals surface area contributed by atoms with Crippen molar-refractivity contribution < 1.29 is 14.7 Å². The second-order valence-electron chi connectivity index (χ2n) is 18.7. The molecule has 0 saturated heterocycles. The summed E-state index contributed by atoms with van der Waals surface area (Å²) < 4.78 is 0. The molecule has 5 saturated carbocycles. The average Bonchev–Trinajstić information content (AvgIpc) is 3.38. The molecular formula is C41H64N2O3. The molecule has 2 N–H and O–H groups in total. The van der Waals surface area contributed by atoms with Gasteiger partial charge in [0.25, 0.3) is 0 Å². The number of likely N-dealkylation sites (N-methyl/N-ethyl adjacent to an activating group) is 1. The van der Waals surface area contributed by atoms with Gasteiger partial charge in [-0.2, -0.15) is 0 Å². The zero-order chi connectivity index (χ0) is 33.4. The SMILES string of the molecule is CC(C)C1CCC2(C(=O)NCCN(C)C)CCC3(C)C(CCC4C5(C)CCC(c6ccc(C(=O)O)cc6)C(C)(C)C5CCC43C)C12. The van der Waals surface area contributed by atoms with Crippen LogP contribution in [0.5, 0.6) is 0 Å². The molecule has 0 spiro atoms. The van der Waals surface area contributed by atoms with Gasteiger partial charge in [-0.05, 0) is 159 Å². The van der Waals surface area contributed by atoms with Crippen molar-refractivity contribution in [2.75, 3.05) is 27.2 Å². The molecule has 0 aliphatic heterocycles. The van der Waals surface area contributed by atoms with E-state index in [9.17, 15) is 14.7 Å². The molecule has 0 bridgehead atoms. The number of amides is 1. The first kappa shape index (κ1) is 34.0. The van der Waals surface area contributed by atoms with Crippen molar-refractivity contribution in [1.29, 1.82) is 0 Å². The Bertz CT molecular complexity index is 1320. The van der Waals surface area contributed by atoms with Gasteiger partial charge in [0.2, 0.25) is 5.91 Å². The van der Waals surface area contributed by atoms with Crippen LogP contribution in [0.2, 0.25) is 0 Å². The Labute approximate surface area is 280 Å². The van der Waals surface area contributed by atoms with E-state index < -0.39 is 5.97 Å². The minimum atomic E-state index is -0.847. The first-order valence-electron chi connectivity index (χ1n) is 18.8. The van der Waals surface area contributed by atoms with E-state index in [2.05, 4.69) is 84.9 Å². The van der Waals surface area contributed by atoms with Gasteiger partial charge in [0.05, 0.1) is 11.0 Å². The lowest BCUT2D eigenvalue weighted by atomic mass is 9.31. The van der Waals surface area contributed by atoms with Crippen molar-refractivity contribution >= 4 is 11.9 Å². The minimum absolute atomic E-state index is 0.150. The summed E-state index contributed by atoms with van der Waals surface area (Å²) in [5, 5.41) is 12.9. The lowest BCUT2D eigenvalue weighted by Gasteiger charge is -2.73. The predicted octanol–water partition coefficient (Wildman–Crippen LogP) is 8.88. The summed E-state index contributed by atoms with van der Waals surface area (Å²) >= 11 is 0. The Morgan fingerprint density at radius 1 is 0.848 bits per heavy atom. The van der Waals surface area contributed by atoms with Crippen LogP contribution in [0.4, 0.5) is 0 Å². The number of fused-ring (bicyclic) bond motifs is 7. The molecule has 5 heteroatoms. The van der Waals surface area contributed by atoms with Gasteiger partial charge in [-0.25, -0.2) is 4.79 Å². The van der Waals surface area contributed by atoms with Crippen molar-refractivity contribution in [1.82, 2.24) is 10.2 Å². The summed E-state index contributed by atoms with van der Waals surface area (Å²) in [6.07, 6.45) is 12.1. The van der Waals surface area contributed by atoms with Crippen LogP contribution < -0.4 is 5.32 Å². The van der Waals surface area contributed by atoms with Crippen molar-refractivity contribution in [2.24, 2.45) is 62.6 Å². The second kappa shape index (κ2) is 11.6. The second-order valence-corrected chi connectivity index (χ2v) is 18.7. The van der Waals surface area contributed by atoms with Crippen LogP contribution >= 0.6 is 0 Å². The van der Waals surface area contributed by atoms with Crippen LogP contribution in [0, 0.1) is 62.6 Å². The van der Waals surface area contributed by atoms with Gasteiger partial charge in [0.1, 0.15) is 0 Å². The highest BCUT2D eigenvalue weighted by Gasteiger charge is 2.72. The molecule has 6 rings (SSSR count). The van der Waals surface area contributed by atoms with Gasteiger partial charge in [-0.1, -0.05) is 60.6 Å². The standard InChI is InChI=1S/C41H64N2O3/c1-26(2)29-16-21-41(36(46)42-24-25-43(8)9)23-22-39(6)31(34(29)41)14-15-33-38(5)19-17-30(27-10-12-28(13-11-27)35(44)45)37(3,4)32(38)18-20-40(33,39)7/h10-13,26,29-34H,14-25H2,1-9H3,(H,42,46)(H,44,45). The molecule has 10 atom stereocenters. The summed E-state index contributed by atoms with van der Waals surface area (Å²) in [6, 6.07) is 7.80. The number of nitrogens with one attached hydrogen (secondary N) is 1. The Morgan fingerprint density at radius 2 is 1.54 bits per heavy atom. The third-order valence-electron chi connectivity index (χ3n) is 16.2. The topological polar surface area (TPSA) is 69.6 Å². The monoisotopic (exact) mass is 632 g/mol. The fraction of sp³-hybridized carbons (Fsp3) is 0.805. The maximum atomic E-state index is 14.2. The number of carbonyl (C=O) groups excluding carboxylic acids is 1. The maximum absolute atomic E-state index is 14.2. The van der Waals surface area contributed by atoms with Crippen molar-refractivity contribution in [3.8, 4) is 0 Å². The van der Waals surface area contributed by atoms with Crippen LogP contribution in [-0.2, 0) is 4.79 Å². The van der Waals surface area contributed by atoms with Gasteiger partial charge in [0.15, 0.2) is 0 Å². The number of benzene rings is 1. The van der Waals surface area contributed by atoms with E-state index in [-0.39, 0.29) is 21.7 Å². The third kappa shape index (κ3) is 4.85. The molecule has 0 aromatic heterocycles. The summed E-state index contributed by atoms with van der Waals surface area (Å²) in [4.78, 5) is 28.0. The normalized spacial score (nSPS) is 42.9. The third-order valence-corrected chi connectivity index (χ3v) is 16.2. The quantitative estimate of drug-likeness (QED) is 0.315. The molecule has 1 aromatic rings. The number of carboxylic acids is 1. The van der Waals surface area contributed by atoms with Gasteiger partial charge < -0.3 is 15.3 Å². The average molecular weight is 633 g/mol. The van der Waals surface area contributed by atoms with Crippen LogP contribution in [0.1, 0.15) is 135 Å². The van der Waals surface area contributed by atoms with Crippen molar-refractivity contribution in [3.63, 3.8) is 0 Å². The zero-order valence-electron chi connectivity index (χ0n) is 30.5. The predicted molar refractivity (Wildman–Crippen MR) is 187 cm³/mol. The Kier molecular flexibility index (Phi) is 8.59. The number of aromatic carboxylic acids is 1. The van der Waals surface area contributed by atoms with E-state index in [1.165, 1.54) is 56.9 Å². The molecule has 5 nitrogen and oxygen atoms in total. The summed E-state index contributed by atoms with van der Waals surface area (Å²) in [6.45, 7) is 19.6. The summed E-state index contributed by atoms with van der Waals surface area (Å²) in [7, 11) is 4.17. The van der Waals surface area contributed by atoms with E-state index in [1.807, 2.05) is 0 Å². The van der Waals surface area contributed by atoms with E-state index >= 15 is 0 Å². The molecule has 46 heavy (non-hydrogen) atoms. The molecular weight excluding hydrogens is 568 g/mol. The number of carboxylic acid groups (broad SMARTS) is 1. The number of nitrogens with zero attached hydrogens (tertiary/aromatic N) is 1. The molecule has 10 unspecified atom stereocenters. The Balaban J connectivity index is 1.30. The van der Waals surface area contributed by atoms with Crippen molar-refractivity contribution in [2.45, 2.75) is 119 Å². The largest absolute Gasteiger partial charge is 0.478 e. The van der Waals surface area contributed by atoms with E-state index in [0.717, 1.165) is 25.9 Å². The zero-order valence-corrected chi connectivity index (χ0v) is 30.5. The molecule has 5 aliphatic carbocycles. The lowest BCUT2D eigenvalue weighted by Crippen LogP contribution is -2.67. The van der Waals surface area contributed by atoms with Crippen LogP contribution in [0.3, 0.4) is 0 Å². The Morgan fingerprint density at radius 3 is 2.17 bits per heavy atom. The molecule has 256 valence electrons. The van der Waals surface area contributed by atoms with Crippen molar-refractivity contribution in [3.05, 3.63) is 35.4 Å². The molecule has 0 radical (unpaired) electrons. The van der Waals surface area contributed by atoms with Crippen LogP contribution in [-0.4, -0.2) is 49.1 Å². The maximum Gasteiger partial charge on any atom is 0.335 e. The number of hydrogen-bond donors (Lipinski definition) is 2.